The summed E-state index contributed by atoms with van der Waals surface area (Å²) in [4.78, 5) is 4.77. The summed E-state index contributed by atoms with van der Waals surface area (Å²) < 4.78 is 0. The molecule has 2 unspecified atom stereocenters. The molecule has 1 aliphatic heterocycles. The maximum absolute atomic E-state index is 3.63. The van der Waals surface area contributed by atoms with Crippen LogP contribution in [-0.2, 0) is 0 Å². The molecule has 0 aromatic carbocycles. The minimum absolute atomic E-state index is 0.615. The fourth-order valence-electron chi connectivity index (χ4n) is 2.58. The highest BCUT2D eigenvalue weighted by atomic mass is 15.2. The molecule has 14 heavy (non-hydrogen) atoms. The van der Waals surface area contributed by atoms with E-state index < -0.39 is 0 Å². The van der Waals surface area contributed by atoms with Crippen LogP contribution < -0.4 is 5.32 Å². The number of hydrogen-bond acceptors (Lipinski definition) is 3. The average Bonchev–Trinajstić information content (AvgIpc) is 2.02. The van der Waals surface area contributed by atoms with Crippen LogP contribution in [0.4, 0.5) is 0 Å². The first-order valence-corrected chi connectivity index (χ1v) is 5.60. The van der Waals surface area contributed by atoms with Gasteiger partial charge in [0.15, 0.2) is 0 Å². The molecule has 0 saturated carbocycles. The van der Waals surface area contributed by atoms with Gasteiger partial charge in [-0.05, 0) is 27.1 Å². The highest BCUT2D eigenvalue weighted by Gasteiger charge is 2.28. The predicted molar refractivity (Wildman–Crippen MR) is 61.6 cm³/mol. The Labute approximate surface area is 88.5 Å². The summed E-state index contributed by atoms with van der Waals surface area (Å²) in [6, 6.07) is 1.25. The second kappa shape index (κ2) is 5.10. The SMILES string of the molecule is CC(C)C(C1CN(C)CCN1)N(C)C. The summed E-state index contributed by atoms with van der Waals surface area (Å²) in [7, 11) is 6.57. The zero-order chi connectivity index (χ0) is 10.7. The van der Waals surface area contributed by atoms with Crippen LogP contribution in [0.2, 0.25) is 0 Å². The third kappa shape index (κ3) is 2.94. The van der Waals surface area contributed by atoms with Crippen LogP contribution >= 0.6 is 0 Å². The van der Waals surface area contributed by atoms with E-state index in [0.29, 0.717) is 18.0 Å². The van der Waals surface area contributed by atoms with E-state index in [-0.39, 0.29) is 0 Å². The number of rotatable bonds is 3. The van der Waals surface area contributed by atoms with Gasteiger partial charge in [-0.1, -0.05) is 13.8 Å². The van der Waals surface area contributed by atoms with Crippen LogP contribution in [0.25, 0.3) is 0 Å². The summed E-state index contributed by atoms with van der Waals surface area (Å²) in [6.07, 6.45) is 0. The third-order valence-corrected chi connectivity index (χ3v) is 3.10. The normalized spacial score (nSPS) is 27.2. The van der Waals surface area contributed by atoms with Crippen LogP contribution in [0.1, 0.15) is 13.8 Å². The maximum Gasteiger partial charge on any atom is 0.0353 e. The molecular formula is C11H25N3. The van der Waals surface area contributed by atoms with Gasteiger partial charge in [0, 0.05) is 31.7 Å². The second-order valence-corrected chi connectivity index (χ2v) is 5.02. The van der Waals surface area contributed by atoms with E-state index in [0.717, 1.165) is 6.54 Å². The van der Waals surface area contributed by atoms with E-state index in [1.54, 1.807) is 0 Å². The molecular weight excluding hydrogens is 174 g/mol. The molecule has 1 fully saturated rings. The highest BCUT2D eigenvalue weighted by molar-refractivity contribution is 4.89. The Balaban J connectivity index is 2.58. The number of nitrogens with one attached hydrogen (secondary N) is 1. The van der Waals surface area contributed by atoms with Gasteiger partial charge in [0.05, 0.1) is 0 Å². The van der Waals surface area contributed by atoms with Gasteiger partial charge >= 0.3 is 0 Å². The number of piperazine rings is 1. The van der Waals surface area contributed by atoms with Crippen molar-refractivity contribution in [2.75, 3.05) is 40.8 Å². The molecule has 2 atom stereocenters. The molecule has 0 aliphatic carbocycles. The molecule has 0 aromatic heterocycles. The smallest absolute Gasteiger partial charge is 0.0353 e. The van der Waals surface area contributed by atoms with E-state index in [1.807, 2.05) is 0 Å². The van der Waals surface area contributed by atoms with Crippen molar-refractivity contribution in [1.82, 2.24) is 15.1 Å². The van der Waals surface area contributed by atoms with Gasteiger partial charge in [0.2, 0.25) is 0 Å². The Morgan fingerprint density at radius 2 is 2.00 bits per heavy atom. The first-order chi connectivity index (χ1) is 6.52. The van der Waals surface area contributed by atoms with Crippen molar-refractivity contribution in [2.45, 2.75) is 25.9 Å². The minimum atomic E-state index is 0.615. The second-order valence-electron chi connectivity index (χ2n) is 5.02. The van der Waals surface area contributed by atoms with Gasteiger partial charge in [-0.2, -0.15) is 0 Å². The molecule has 1 rings (SSSR count). The van der Waals surface area contributed by atoms with Crippen LogP contribution in [0.3, 0.4) is 0 Å². The molecule has 3 nitrogen and oxygen atoms in total. The zero-order valence-corrected chi connectivity index (χ0v) is 10.2. The fourth-order valence-corrected chi connectivity index (χ4v) is 2.58. The molecule has 0 bridgehead atoms. The largest absolute Gasteiger partial charge is 0.310 e. The van der Waals surface area contributed by atoms with Crippen molar-refractivity contribution >= 4 is 0 Å². The van der Waals surface area contributed by atoms with E-state index in [1.165, 1.54) is 13.1 Å². The monoisotopic (exact) mass is 199 g/mol. The number of hydrogen-bond donors (Lipinski definition) is 1. The van der Waals surface area contributed by atoms with Crippen molar-refractivity contribution < 1.29 is 0 Å². The molecule has 0 amide bonds. The third-order valence-electron chi connectivity index (χ3n) is 3.10. The van der Waals surface area contributed by atoms with Crippen molar-refractivity contribution in [1.29, 1.82) is 0 Å². The van der Waals surface area contributed by atoms with Gasteiger partial charge in [0.1, 0.15) is 0 Å². The predicted octanol–water partition coefficient (Wildman–Crippen LogP) is 0.476. The zero-order valence-electron chi connectivity index (χ0n) is 10.2. The molecule has 0 aromatic rings. The molecule has 1 saturated heterocycles. The molecule has 84 valence electrons. The molecule has 0 spiro atoms. The van der Waals surface area contributed by atoms with Crippen molar-refractivity contribution in [3.63, 3.8) is 0 Å². The Morgan fingerprint density at radius 3 is 2.43 bits per heavy atom. The quantitative estimate of drug-likeness (QED) is 0.713. The van der Waals surface area contributed by atoms with Crippen LogP contribution in [0.15, 0.2) is 0 Å². The first kappa shape index (κ1) is 12.0. The summed E-state index contributed by atoms with van der Waals surface area (Å²) >= 11 is 0. The van der Waals surface area contributed by atoms with E-state index in [4.69, 9.17) is 0 Å². The Morgan fingerprint density at radius 1 is 1.36 bits per heavy atom. The molecule has 1 heterocycles. The van der Waals surface area contributed by atoms with Crippen LogP contribution in [0, 0.1) is 5.92 Å². The Hall–Kier alpha value is -0.120. The highest BCUT2D eigenvalue weighted by Crippen LogP contribution is 2.14. The topological polar surface area (TPSA) is 18.5 Å². The number of nitrogens with zero attached hydrogens (tertiary/aromatic N) is 2. The van der Waals surface area contributed by atoms with Gasteiger partial charge < -0.3 is 15.1 Å². The summed E-state index contributed by atoms with van der Waals surface area (Å²) in [5.41, 5.74) is 0. The summed E-state index contributed by atoms with van der Waals surface area (Å²) in [5, 5.41) is 3.63. The minimum Gasteiger partial charge on any atom is -0.310 e. The van der Waals surface area contributed by atoms with E-state index in [2.05, 4.69) is 50.1 Å². The van der Waals surface area contributed by atoms with E-state index >= 15 is 0 Å². The molecule has 1 aliphatic rings. The van der Waals surface area contributed by atoms with Gasteiger partial charge in [-0.25, -0.2) is 0 Å². The molecule has 3 heteroatoms. The Kier molecular flexibility index (Phi) is 4.35. The van der Waals surface area contributed by atoms with Crippen molar-refractivity contribution in [3.8, 4) is 0 Å². The van der Waals surface area contributed by atoms with Gasteiger partial charge in [0.25, 0.3) is 0 Å². The average molecular weight is 199 g/mol. The lowest BCUT2D eigenvalue weighted by Crippen LogP contribution is -2.59. The summed E-state index contributed by atoms with van der Waals surface area (Å²) in [5.74, 6) is 0.703. The maximum atomic E-state index is 3.63. The van der Waals surface area contributed by atoms with Gasteiger partial charge in [-0.15, -0.1) is 0 Å². The molecule has 0 radical (unpaired) electrons. The first-order valence-electron chi connectivity index (χ1n) is 5.60. The lowest BCUT2D eigenvalue weighted by molar-refractivity contribution is 0.123. The fraction of sp³-hybridized carbons (Fsp3) is 1.00. The Bertz CT molecular complexity index is 160. The standard InChI is InChI=1S/C11H25N3/c1-9(2)11(13(3)4)10-8-14(5)7-6-12-10/h9-12H,6-8H2,1-5H3. The summed E-state index contributed by atoms with van der Waals surface area (Å²) in [6.45, 7) is 8.08. The van der Waals surface area contributed by atoms with E-state index in [9.17, 15) is 0 Å². The van der Waals surface area contributed by atoms with Crippen LogP contribution in [-0.4, -0.2) is 62.7 Å². The molecule has 1 N–H and O–H groups in total. The van der Waals surface area contributed by atoms with Gasteiger partial charge in [-0.3, -0.25) is 0 Å². The van der Waals surface area contributed by atoms with Crippen molar-refractivity contribution in [3.05, 3.63) is 0 Å². The van der Waals surface area contributed by atoms with Crippen LogP contribution in [0.5, 0.6) is 0 Å². The lowest BCUT2D eigenvalue weighted by Gasteiger charge is -2.41. The lowest BCUT2D eigenvalue weighted by atomic mass is 9.94. The van der Waals surface area contributed by atoms with Crippen molar-refractivity contribution in [2.24, 2.45) is 5.92 Å². The number of likely N-dealkylation sites (N-methyl/N-ethyl adjacent to an activating group) is 2.